The highest BCUT2D eigenvalue weighted by Crippen LogP contribution is 2.28. The number of hydrogen-bond acceptors (Lipinski definition) is 3. The predicted molar refractivity (Wildman–Crippen MR) is 95.8 cm³/mol. The third kappa shape index (κ3) is 2.40. The van der Waals surface area contributed by atoms with Crippen LogP contribution in [0.2, 0.25) is 0 Å². The van der Waals surface area contributed by atoms with E-state index >= 15 is 0 Å². The van der Waals surface area contributed by atoms with Crippen molar-refractivity contribution < 1.29 is 4.52 Å². The number of hydrogen-bond donors (Lipinski definition) is 0. The standard InChI is InChI=1S/C20H19N3O/c1-13(2)23-11-10-15-12-16(8-9-18(15)23)20-21-19(22-24-20)17-7-5-4-6-14(17)3/h4-13H,1-3H3. The van der Waals surface area contributed by atoms with Crippen LogP contribution in [0.1, 0.15) is 25.5 Å². The second kappa shape index (κ2) is 5.64. The van der Waals surface area contributed by atoms with Gasteiger partial charge >= 0.3 is 0 Å². The van der Waals surface area contributed by atoms with Gasteiger partial charge in [-0.2, -0.15) is 4.98 Å². The summed E-state index contributed by atoms with van der Waals surface area (Å²) in [6.07, 6.45) is 2.12. The van der Waals surface area contributed by atoms with Crippen LogP contribution in [0.5, 0.6) is 0 Å². The Bertz CT molecular complexity index is 1010. The molecule has 2 aromatic carbocycles. The molecule has 0 aliphatic heterocycles. The van der Waals surface area contributed by atoms with Crippen LogP contribution in [0.25, 0.3) is 33.7 Å². The monoisotopic (exact) mass is 317 g/mol. The second-order valence-electron chi connectivity index (χ2n) is 6.33. The summed E-state index contributed by atoms with van der Waals surface area (Å²) < 4.78 is 7.75. The predicted octanol–water partition coefficient (Wildman–Crippen LogP) is 5.25. The first-order valence-corrected chi connectivity index (χ1v) is 8.14. The van der Waals surface area contributed by atoms with Crippen molar-refractivity contribution in [1.29, 1.82) is 0 Å². The zero-order valence-corrected chi connectivity index (χ0v) is 14.0. The normalized spacial score (nSPS) is 11.5. The summed E-state index contributed by atoms with van der Waals surface area (Å²) in [5.41, 5.74) is 4.29. The Labute approximate surface area is 140 Å². The summed E-state index contributed by atoms with van der Waals surface area (Å²) in [7, 11) is 0. The lowest BCUT2D eigenvalue weighted by Gasteiger charge is -2.09. The van der Waals surface area contributed by atoms with Crippen molar-refractivity contribution in [2.75, 3.05) is 0 Å². The molecule has 0 spiro atoms. The summed E-state index contributed by atoms with van der Waals surface area (Å²) in [4.78, 5) is 4.58. The van der Waals surface area contributed by atoms with E-state index in [2.05, 4.69) is 53.0 Å². The van der Waals surface area contributed by atoms with E-state index in [1.54, 1.807) is 0 Å². The Morgan fingerprint density at radius 3 is 2.67 bits per heavy atom. The summed E-state index contributed by atoms with van der Waals surface area (Å²) in [5.74, 6) is 1.18. The van der Waals surface area contributed by atoms with Crippen LogP contribution in [0.15, 0.2) is 59.3 Å². The van der Waals surface area contributed by atoms with Crippen molar-refractivity contribution in [3.05, 3.63) is 60.3 Å². The van der Waals surface area contributed by atoms with Gasteiger partial charge in [0, 0.05) is 34.3 Å². The van der Waals surface area contributed by atoms with Gasteiger partial charge in [-0.1, -0.05) is 29.4 Å². The van der Waals surface area contributed by atoms with Crippen LogP contribution in [0.4, 0.5) is 0 Å². The molecule has 0 saturated carbocycles. The van der Waals surface area contributed by atoms with Crippen molar-refractivity contribution in [1.82, 2.24) is 14.7 Å². The molecule has 24 heavy (non-hydrogen) atoms. The fraction of sp³-hybridized carbons (Fsp3) is 0.200. The van der Waals surface area contributed by atoms with E-state index in [9.17, 15) is 0 Å². The van der Waals surface area contributed by atoms with Crippen LogP contribution >= 0.6 is 0 Å². The maximum absolute atomic E-state index is 5.50. The lowest BCUT2D eigenvalue weighted by atomic mass is 10.1. The Morgan fingerprint density at radius 1 is 1.04 bits per heavy atom. The second-order valence-corrected chi connectivity index (χ2v) is 6.33. The first kappa shape index (κ1) is 14.7. The molecule has 0 radical (unpaired) electrons. The summed E-state index contributed by atoms with van der Waals surface area (Å²) >= 11 is 0. The van der Waals surface area contributed by atoms with E-state index in [0.717, 1.165) is 16.7 Å². The van der Waals surface area contributed by atoms with Gasteiger partial charge in [0.05, 0.1) is 0 Å². The number of benzene rings is 2. The van der Waals surface area contributed by atoms with Gasteiger partial charge in [0.15, 0.2) is 0 Å². The SMILES string of the molecule is Cc1ccccc1-c1noc(-c2ccc3c(ccn3C(C)C)c2)n1. The van der Waals surface area contributed by atoms with Gasteiger partial charge < -0.3 is 9.09 Å². The molecular weight excluding hydrogens is 298 g/mol. The lowest BCUT2D eigenvalue weighted by molar-refractivity contribution is 0.432. The largest absolute Gasteiger partial charge is 0.345 e. The van der Waals surface area contributed by atoms with Gasteiger partial charge in [-0.25, -0.2) is 0 Å². The molecule has 2 aromatic heterocycles. The molecule has 0 aliphatic carbocycles. The van der Waals surface area contributed by atoms with E-state index in [4.69, 9.17) is 4.52 Å². The molecule has 4 aromatic rings. The van der Waals surface area contributed by atoms with Gasteiger partial charge in [0.1, 0.15) is 0 Å². The zero-order valence-electron chi connectivity index (χ0n) is 14.0. The summed E-state index contributed by atoms with van der Waals surface area (Å²) in [5, 5.41) is 5.32. The Morgan fingerprint density at radius 2 is 1.88 bits per heavy atom. The highest BCUT2D eigenvalue weighted by molar-refractivity contribution is 5.84. The van der Waals surface area contributed by atoms with Gasteiger partial charge in [0.25, 0.3) is 5.89 Å². The molecule has 0 saturated heterocycles. The molecule has 0 aliphatic rings. The van der Waals surface area contributed by atoms with Gasteiger partial charge in [-0.15, -0.1) is 0 Å². The first-order valence-electron chi connectivity index (χ1n) is 8.14. The molecule has 0 N–H and O–H groups in total. The smallest absolute Gasteiger partial charge is 0.258 e. The number of rotatable bonds is 3. The molecule has 4 nitrogen and oxygen atoms in total. The highest BCUT2D eigenvalue weighted by atomic mass is 16.5. The summed E-state index contributed by atoms with van der Waals surface area (Å²) in [6, 6.07) is 16.9. The van der Waals surface area contributed by atoms with Crippen molar-refractivity contribution in [2.45, 2.75) is 26.8 Å². The van der Waals surface area contributed by atoms with Crippen molar-refractivity contribution in [3.8, 4) is 22.8 Å². The summed E-state index contributed by atoms with van der Waals surface area (Å²) in [6.45, 7) is 6.41. The molecule has 0 unspecified atom stereocenters. The highest BCUT2D eigenvalue weighted by Gasteiger charge is 2.13. The molecule has 0 fully saturated rings. The van der Waals surface area contributed by atoms with Crippen molar-refractivity contribution >= 4 is 10.9 Å². The quantitative estimate of drug-likeness (QED) is 0.518. The van der Waals surface area contributed by atoms with Gasteiger partial charge in [0.2, 0.25) is 5.82 Å². The maximum Gasteiger partial charge on any atom is 0.258 e. The average molecular weight is 317 g/mol. The van der Waals surface area contributed by atoms with Crippen LogP contribution in [-0.2, 0) is 0 Å². The van der Waals surface area contributed by atoms with Crippen LogP contribution in [0.3, 0.4) is 0 Å². The number of aromatic nitrogens is 3. The fourth-order valence-electron chi connectivity index (χ4n) is 3.02. The third-order valence-electron chi connectivity index (χ3n) is 4.34. The minimum Gasteiger partial charge on any atom is -0.345 e. The van der Waals surface area contributed by atoms with Gasteiger partial charge in [-0.05, 0) is 50.6 Å². The van der Waals surface area contributed by atoms with Gasteiger partial charge in [-0.3, -0.25) is 0 Å². The van der Waals surface area contributed by atoms with Crippen molar-refractivity contribution in [2.24, 2.45) is 0 Å². The number of nitrogens with zero attached hydrogens (tertiary/aromatic N) is 3. The zero-order chi connectivity index (χ0) is 16.7. The molecular formula is C20H19N3O. The third-order valence-corrected chi connectivity index (χ3v) is 4.34. The maximum atomic E-state index is 5.50. The topological polar surface area (TPSA) is 43.9 Å². The molecule has 4 heteroatoms. The van der Waals surface area contributed by atoms with Crippen LogP contribution in [0, 0.1) is 6.92 Å². The first-order chi connectivity index (χ1) is 11.6. The lowest BCUT2D eigenvalue weighted by Crippen LogP contribution is -1.97. The fourth-order valence-corrected chi connectivity index (χ4v) is 3.02. The number of aryl methyl sites for hydroxylation is 1. The van der Waals surface area contributed by atoms with Crippen LogP contribution < -0.4 is 0 Å². The Balaban J connectivity index is 1.75. The Kier molecular flexibility index (Phi) is 3.45. The minimum absolute atomic E-state index is 0.435. The molecule has 0 amide bonds. The molecule has 4 rings (SSSR count). The molecule has 0 atom stereocenters. The minimum atomic E-state index is 0.435. The Hall–Kier alpha value is -2.88. The van der Waals surface area contributed by atoms with E-state index in [0.29, 0.717) is 17.8 Å². The van der Waals surface area contributed by atoms with Crippen molar-refractivity contribution in [3.63, 3.8) is 0 Å². The van der Waals surface area contributed by atoms with E-state index in [-0.39, 0.29) is 0 Å². The molecule has 0 bridgehead atoms. The average Bonchev–Trinajstić information content (AvgIpc) is 3.21. The van der Waals surface area contributed by atoms with E-state index in [1.807, 2.05) is 37.3 Å². The molecule has 2 heterocycles. The van der Waals surface area contributed by atoms with E-state index in [1.165, 1.54) is 10.9 Å². The van der Waals surface area contributed by atoms with Crippen LogP contribution in [-0.4, -0.2) is 14.7 Å². The number of fused-ring (bicyclic) bond motifs is 1. The van der Waals surface area contributed by atoms with E-state index < -0.39 is 0 Å². The molecule has 120 valence electrons.